The second-order valence-electron chi connectivity index (χ2n) is 7.41. The summed E-state index contributed by atoms with van der Waals surface area (Å²) in [6, 6.07) is 7.87. The van der Waals surface area contributed by atoms with E-state index in [1.54, 1.807) is 6.20 Å². The van der Waals surface area contributed by atoms with E-state index in [0.717, 1.165) is 30.2 Å². The predicted octanol–water partition coefficient (Wildman–Crippen LogP) is 7.17. The van der Waals surface area contributed by atoms with Crippen molar-refractivity contribution in [3.63, 3.8) is 0 Å². The molecule has 154 valence electrons. The number of halogens is 1. The lowest BCUT2D eigenvalue weighted by Gasteiger charge is -2.15. The number of hydrogen-bond acceptors (Lipinski definition) is 2. The second kappa shape index (κ2) is 14.4. The number of imidazole rings is 1. The summed E-state index contributed by atoms with van der Waals surface area (Å²) in [5.41, 5.74) is 1.13. The maximum atomic E-state index is 6.16. The molecule has 0 fully saturated rings. The molecular weight excluding hydrogens is 368 g/mol. The van der Waals surface area contributed by atoms with E-state index in [9.17, 15) is 0 Å². The molecule has 1 aromatic carbocycles. The Morgan fingerprint density at radius 1 is 1.00 bits per heavy atom. The summed E-state index contributed by atoms with van der Waals surface area (Å²) in [4.78, 5) is 4.13. The Balaban J connectivity index is 1.68. The third-order valence-electron chi connectivity index (χ3n) is 4.90. The number of nitrogens with zero attached hydrogens (tertiary/aromatic N) is 2. The third kappa shape index (κ3) is 10.1. The Morgan fingerprint density at radius 3 is 2.32 bits per heavy atom. The van der Waals surface area contributed by atoms with Crippen LogP contribution in [-0.4, -0.2) is 22.3 Å². The van der Waals surface area contributed by atoms with Crippen molar-refractivity contribution in [2.45, 2.75) is 77.4 Å². The molecule has 3 nitrogen and oxygen atoms in total. The summed E-state index contributed by atoms with van der Waals surface area (Å²) in [6.07, 6.45) is 21.9. The molecule has 0 spiro atoms. The van der Waals surface area contributed by atoms with Crippen LogP contribution < -0.4 is 0 Å². The molecule has 1 aromatic heterocycles. The molecule has 0 aliphatic rings. The van der Waals surface area contributed by atoms with Gasteiger partial charge >= 0.3 is 0 Å². The molecule has 2 aromatic rings. The Kier molecular flexibility index (Phi) is 11.7. The zero-order valence-corrected chi connectivity index (χ0v) is 18.0. The van der Waals surface area contributed by atoms with E-state index < -0.39 is 0 Å². The van der Waals surface area contributed by atoms with E-state index in [2.05, 4.69) is 28.6 Å². The number of aromatic nitrogens is 2. The first-order chi connectivity index (χ1) is 13.8. The third-order valence-corrected chi connectivity index (χ3v) is 5.16. The lowest BCUT2D eigenvalue weighted by Crippen LogP contribution is -2.17. The van der Waals surface area contributed by atoms with E-state index >= 15 is 0 Å². The van der Waals surface area contributed by atoms with Gasteiger partial charge in [0.1, 0.15) is 0 Å². The van der Waals surface area contributed by atoms with E-state index in [4.69, 9.17) is 16.3 Å². The molecular formula is C24H35ClN2O. The van der Waals surface area contributed by atoms with Crippen LogP contribution in [0.4, 0.5) is 0 Å². The van der Waals surface area contributed by atoms with Crippen molar-refractivity contribution in [3.8, 4) is 0 Å². The van der Waals surface area contributed by atoms with Crippen molar-refractivity contribution < 1.29 is 4.74 Å². The summed E-state index contributed by atoms with van der Waals surface area (Å²) in [7, 11) is 0. The first-order valence-electron chi connectivity index (χ1n) is 10.8. The van der Waals surface area contributed by atoms with E-state index in [1.165, 1.54) is 51.4 Å². The van der Waals surface area contributed by atoms with Crippen LogP contribution in [0.3, 0.4) is 0 Å². The van der Waals surface area contributed by atoms with E-state index in [-0.39, 0.29) is 6.10 Å². The fourth-order valence-corrected chi connectivity index (χ4v) is 3.34. The Hall–Kier alpha value is -1.58. The normalized spacial score (nSPS) is 12.6. The van der Waals surface area contributed by atoms with Crippen LogP contribution in [-0.2, 0) is 11.3 Å². The average Bonchev–Trinajstić information content (AvgIpc) is 3.21. The highest BCUT2D eigenvalue weighted by Gasteiger charge is 2.06. The van der Waals surface area contributed by atoms with Crippen LogP contribution in [0, 0.1) is 0 Å². The van der Waals surface area contributed by atoms with Crippen molar-refractivity contribution in [3.05, 3.63) is 59.6 Å². The standard InChI is InChI=1S/C24H35ClN2O/c1-2-3-4-5-6-7-8-9-10-19-28-24(20-27-18-17-26-21-27)16-13-22-11-14-23(25)15-12-22/h11-18,21,24H,2-10,19-20H2,1H3/b16-13+. The average molecular weight is 403 g/mol. The molecule has 0 radical (unpaired) electrons. The highest BCUT2D eigenvalue weighted by atomic mass is 35.5. The number of benzene rings is 1. The largest absolute Gasteiger partial charge is 0.372 e. The van der Waals surface area contributed by atoms with Gasteiger partial charge in [-0.1, -0.05) is 94.2 Å². The van der Waals surface area contributed by atoms with E-state index in [0.29, 0.717) is 0 Å². The quantitative estimate of drug-likeness (QED) is 0.295. The molecule has 0 N–H and O–H groups in total. The molecule has 0 aliphatic heterocycles. The van der Waals surface area contributed by atoms with Gasteiger partial charge in [0.15, 0.2) is 0 Å². The number of hydrogen-bond donors (Lipinski definition) is 0. The molecule has 1 heterocycles. The molecule has 2 rings (SSSR count). The van der Waals surface area contributed by atoms with Gasteiger partial charge in [-0.05, 0) is 24.1 Å². The van der Waals surface area contributed by atoms with Gasteiger partial charge in [-0.25, -0.2) is 4.98 Å². The molecule has 0 bridgehead atoms. The molecule has 0 saturated carbocycles. The first kappa shape index (κ1) is 22.7. The van der Waals surface area contributed by atoms with Crippen molar-refractivity contribution in [2.75, 3.05) is 6.61 Å². The first-order valence-corrected chi connectivity index (χ1v) is 11.2. The molecule has 1 atom stereocenters. The van der Waals surface area contributed by atoms with Crippen molar-refractivity contribution >= 4 is 17.7 Å². The van der Waals surface area contributed by atoms with Crippen molar-refractivity contribution in [2.24, 2.45) is 0 Å². The summed E-state index contributed by atoms with van der Waals surface area (Å²) in [5.74, 6) is 0. The SMILES string of the molecule is CCCCCCCCCCCOC(/C=C/c1ccc(Cl)cc1)Cn1ccnc1. The number of rotatable bonds is 15. The second-order valence-corrected chi connectivity index (χ2v) is 7.84. The zero-order chi connectivity index (χ0) is 19.9. The Bertz CT molecular complexity index is 637. The topological polar surface area (TPSA) is 27.1 Å². The number of unbranched alkanes of at least 4 members (excludes halogenated alkanes) is 8. The highest BCUT2D eigenvalue weighted by Crippen LogP contribution is 2.13. The van der Waals surface area contributed by atoms with Gasteiger partial charge in [0, 0.05) is 24.0 Å². The summed E-state index contributed by atoms with van der Waals surface area (Å²) >= 11 is 5.96. The minimum atomic E-state index is 0.0407. The zero-order valence-electron chi connectivity index (χ0n) is 17.2. The predicted molar refractivity (Wildman–Crippen MR) is 120 cm³/mol. The van der Waals surface area contributed by atoms with Crippen molar-refractivity contribution in [1.29, 1.82) is 0 Å². The van der Waals surface area contributed by atoms with Gasteiger partial charge in [-0.15, -0.1) is 0 Å². The van der Waals surface area contributed by atoms with Crippen LogP contribution in [0.15, 0.2) is 49.1 Å². The fraction of sp³-hybridized carbons (Fsp3) is 0.542. The van der Waals surface area contributed by atoms with Crippen LogP contribution in [0.5, 0.6) is 0 Å². The van der Waals surface area contributed by atoms with E-state index in [1.807, 2.05) is 36.8 Å². The maximum absolute atomic E-state index is 6.16. The molecule has 28 heavy (non-hydrogen) atoms. The Labute approximate surface area is 175 Å². The lowest BCUT2D eigenvalue weighted by atomic mass is 10.1. The van der Waals surface area contributed by atoms with Gasteiger partial charge in [0.2, 0.25) is 0 Å². The smallest absolute Gasteiger partial charge is 0.0946 e. The highest BCUT2D eigenvalue weighted by molar-refractivity contribution is 6.30. The van der Waals surface area contributed by atoms with Gasteiger partial charge in [-0.3, -0.25) is 0 Å². The fourth-order valence-electron chi connectivity index (χ4n) is 3.21. The summed E-state index contributed by atoms with van der Waals surface area (Å²) in [5, 5.41) is 0.758. The van der Waals surface area contributed by atoms with Crippen LogP contribution in [0.1, 0.15) is 70.3 Å². The van der Waals surface area contributed by atoms with Crippen LogP contribution in [0.2, 0.25) is 5.02 Å². The molecule has 4 heteroatoms. The minimum Gasteiger partial charge on any atom is -0.372 e. The summed E-state index contributed by atoms with van der Waals surface area (Å²) in [6.45, 7) is 3.85. The van der Waals surface area contributed by atoms with Gasteiger partial charge in [0.05, 0.1) is 19.0 Å². The molecule has 1 unspecified atom stereocenters. The van der Waals surface area contributed by atoms with Gasteiger partial charge < -0.3 is 9.30 Å². The van der Waals surface area contributed by atoms with Gasteiger partial charge in [0.25, 0.3) is 0 Å². The minimum absolute atomic E-state index is 0.0407. The maximum Gasteiger partial charge on any atom is 0.0946 e. The molecule has 0 aliphatic carbocycles. The molecule has 0 saturated heterocycles. The van der Waals surface area contributed by atoms with Gasteiger partial charge in [-0.2, -0.15) is 0 Å². The summed E-state index contributed by atoms with van der Waals surface area (Å²) < 4.78 is 8.22. The lowest BCUT2D eigenvalue weighted by molar-refractivity contribution is 0.0710. The van der Waals surface area contributed by atoms with Crippen molar-refractivity contribution in [1.82, 2.24) is 9.55 Å². The Morgan fingerprint density at radius 2 is 1.68 bits per heavy atom. The molecule has 0 amide bonds. The number of ether oxygens (including phenoxy) is 1. The monoisotopic (exact) mass is 402 g/mol. The van der Waals surface area contributed by atoms with Crippen LogP contribution in [0.25, 0.3) is 6.08 Å². The van der Waals surface area contributed by atoms with Crippen LogP contribution >= 0.6 is 11.6 Å².